The van der Waals surface area contributed by atoms with Crippen LogP contribution in [-0.2, 0) is 11.2 Å². The molecule has 0 saturated heterocycles. The normalized spacial score (nSPS) is 11.2. The second kappa shape index (κ2) is 7.09. The van der Waals surface area contributed by atoms with Gasteiger partial charge in [-0.25, -0.2) is 4.98 Å². The first kappa shape index (κ1) is 17.2. The number of hydrogen-bond donors (Lipinski definition) is 1. The van der Waals surface area contributed by atoms with E-state index in [4.69, 9.17) is 4.42 Å². The zero-order valence-electron chi connectivity index (χ0n) is 15.2. The van der Waals surface area contributed by atoms with Crippen molar-refractivity contribution in [2.24, 2.45) is 5.92 Å². The van der Waals surface area contributed by atoms with Gasteiger partial charge in [-0.15, -0.1) is 0 Å². The largest absolute Gasteiger partial charge is 0.436 e. The molecule has 4 heteroatoms. The van der Waals surface area contributed by atoms with Gasteiger partial charge < -0.3 is 9.73 Å². The number of aromatic nitrogens is 1. The van der Waals surface area contributed by atoms with Crippen LogP contribution in [0.1, 0.15) is 38.3 Å². The number of aryl methyl sites for hydroxylation is 2. The zero-order chi connectivity index (χ0) is 18.0. The van der Waals surface area contributed by atoms with E-state index in [-0.39, 0.29) is 5.91 Å². The Kier molecular flexibility index (Phi) is 4.88. The van der Waals surface area contributed by atoms with E-state index in [0.29, 0.717) is 18.2 Å². The van der Waals surface area contributed by atoms with E-state index in [1.54, 1.807) is 0 Å². The fraction of sp³-hybridized carbons (Fsp3) is 0.333. The topological polar surface area (TPSA) is 55.1 Å². The molecule has 1 aromatic heterocycles. The molecule has 3 aromatic rings. The fourth-order valence-corrected chi connectivity index (χ4v) is 2.78. The summed E-state index contributed by atoms with van der Waals surface area (Å²) in [5, 5.41) is 3.00. The molecule has 0 unspecified atom stereocenters. The monoisotopic (exact) mass is 336 g/mol. The van der Waals surface area contributed by atoms with Crippen LogP contribution >= 0.6 is 0 Å². The summed E-state index contributed by atoms with van der Waals surface area (Å²) < 4.78 is 5.89. The summed E-state index contributed by atoms with van der Waals surface area (Å²) in [6, 6.07) is 12.0. The highest BCUT2D eigenvalue weighted by atomic mass is 16.3. The molecule has 0 aliphatic rings. The molecule has 0 saturated carbocycles. The number of oxazole rings is 1. The van der Waals surface area contributed by atoms with E-state index in [9.17, 15) is 4.79 Å². The summed E-state index contributed by atoms with van der Waals surface area (Å²) in [5.74, 6) is 0.927. The molecule has 0 radical (unpaired) electrons. The quantitative estimate of drug-likeness (QED) is 0.683. The van der Waals surface area contributed by atoms with Crippen molar-refractivity contribution in [3.63, 3.8) is 0 Å². The van der Waals surface area contributed by atoms with Gasteiger partial charge in [0.05, 0.1) is 0 Å². The van der Waals surface area contributed by atoms with E-state index < -0.39 is 0 Å². The highest BCUT2D eigenvalue weighted by molar-refractivity contribution is 5.92. The van der Waals surface area contributed by atoms with Gasteiger partial charge in [-0.1, -0.05) is 32.9 Å². The Bertz CT molecular complexity index is 909. The second-order valence-electron chi connectivity index (χ2n) is 6.85. The number of anilines is 1. The maximum Gasteiger partial charge on any atom is 0.227 e. The molecule has 2 aromatic carbocycles. The van der Waals surface area contributed by atoms with Gasteiger partial charge in [-0.3, -0.25) is 4.79 Å². The summed E-state index contributed by atoms with van der Waals surface area (Å²) >= 11 is 0. The molecular formula is C21H24N2O2. The Morgan fingerprint density at radius 3 is 2.72 bits per heavy atom. The van der Waals surface area contributed by atoms with Crippen LogP contribution < -0.4 is 5.32 Å². The van der Waals surface area contributed by atoms with Crippen molar-refractivity contribution in [2.75, 3.05) is 5.32 Å². The predicted octanol–water partition coefficient (Wildman–Crippen LogP) is 5.35. The highest BCUT2D eigenvalue weighted by Gasteiger charge is 2.12. The summed E-state index contributed by atoms with van der Waals surface area (Å²) in [6.07, 6.45) is 1.47. The first-order valence-corrected chi connectivity index (χ1v) is 8.76. The van der Waals surface area contributed by atoms with Gasteiger partial charge in [0, 0.05) is 17.7 Å². The fourth-order valence-electron chi connectivity index (χ4n) is 2.78. The smallest absolute Gasteiger partial charge is 0.227 e. The number of carbonyl (C=O) groups excluding carboxylic acids is 1. The minimum atomic E-state index is 0.0282. The van der Waals surface area contributed by atoms with E-state index >= 15 is 0 Å². The molecule has 25 heavy (non-hydrogen) atoms. The third-order valence-corrected chi connectivity index (χ3v) is 4.21. The van der Waals surface area contributed by atoms with E-state index in [1.165, 1.54) is 5.56 Å². The summed E-state index contributed by atoms with van der Waals surface area (Å²) in [4.78, 5) is 16.7. The molecule has 0 atom stereocenters. The second-order valence-corrected chi connectivity index (χ2v) is 6.85. The van der Waals surface area contributed by atoms with Crippen LogP contribution in [0, 0.1) is 12.8 Å². The van der Waals surface area contributed by atoms with E-state index in [1.807, 2.05) is 45.0 Å². The lowest BCUT2D eigenvalue weighted by molar-refractivity contribution is -0.116. The Labute approximate surface area is 148 Å². The van der Waals surface area contributed by atoms with Crippen LogP contribution in [0.3, 0.4) is 0 Å². The number of benzene rings is 2. The average molecular weight is 336 g/mol. The number of fused-ring (bicyclic) bond motifs is 1. The number of hydrogen-bond acceptors (Lipinski definition) is 3. The Morgan fingerprint density at radius 1 is 1.20 bits per heavy atom. The molecule has 0 bridgehead atoms. The van der Waals surface area contributed by atoms with Gasteiger partial charge in [0.2, 0.25) is 11.8 Å². The van der Waals surface area contributed by atoms with Crippen LogP contribution in [-0.4, -0.2) is 10.9 Å². The van der Waals surface area contributed by atoms with Crippen molar-refractivity contribution in [3.05, 3.63) is 47.5 Å². The SMILES string of the molecule is CCc1ccc2oc(-c3ccc(C)c(NC(=O)CC(C)C)c3)nc2c1. The van der Waals surface area contributed by atoms with E-state index in [0.717, 1.165) is 34.3 Å². The van der Waals surface area contributed by atoms with Crippen LogP contribution in [0.25, 0.3) is 22.6 Å². The number of nitrogens with one attached hydrogen (secondary N) is 1. The van der Waals surface area contributed by atoms with Gasteiger partial charge in [0.15, 0.2) is 5.58 Å². The van der Waals surface area contributed by atoms with Crippen LogP contribution in [0.5, 0.6) is 0 Å². The van der Waals surface area contributed by atoms with Gasteiger partial charge in [-0.2, -0.15) is 0 Å². The van der Waals surface area contributed by atoms with Crippen molar-refractivity contribution in [1.82, 2.24) is 4.98 Å². The first-order chi connectivity index (χ1) is 12.0. The Balaban J connectivity index is 1.92. The summed E-state index contributed by atoms with van der Waals surface area (Å²) in [6.45, 7) is 8.17. The maximum absolute atomic E-state index is 12.1. The van der Waals surface area contributed by atoms with Crippen molar-refractivity contribution in [3.8, 4) is 11.5 Å². The third-order valence-electron chi connectivity index (χ3n) is 4.21. The van der Waals surface area contributed by atoms with Crippen molar-refractivity contribution in [1.29, 1.82) is 0 Å². The zero-order valence-corrected chi connectivity index (χ0v) is 15.2. The van der Waals surface area contributed by atoms with Crippen LogP contribution in [0.2, 0.25) is 0 Å². The molecule has 0 aliphatic carbocycles. The van der Waals surface area contributed by atoms with Gasteiger partial charge in [-0.05, 0) is 54.7 Å². The van der Waals surface area contributed by atoms with Gasteiger partial charge >= 0.3 is 0 Å². The van der Waals surface area contributed by atoms with Gasteiger partial charge in [0.1, 0.15) is 5.52 Å². The van der Waals surface area contributed by atoms with E-state index in [2.05, 4.69) is 29.4 Å². The number of amides is 1. The molecule has 3 rings (SSSR count). The number of nitrogens with zero attached hydrogens (tertiary/aromatic N) is 1. The molecule has 130 valence electrons. The maximum atomic E-state index is 12.1. The number of rotatable bonds is 5. The van der Waals surface area contributed by atoms with Crippen molar-refractivity contribution in [2.45, 2.75) is 40.5 Å². The lowest BCUT2D eigenvalue weighted by atomic mass is 10.1. The molecule has 0 spiro atoms. The Hall–Kier alpha value is -2.62. The van der Waals surface area contributed by atoms with Crippen molar-refractivity contribution >= 4 is 22.7 Å². The standard InChI is InChI=1S/C21H24N2O2/c1-5-15-7-9-19-18(11-15)23-21(25-19)16-8-6-14(4)17(12-16)22-20(24)10-13(2)3/h6-9,11-13H,5,10H2,1-4H3,(H,22,24). The minimum absolute atomic E-state index is 0.0282. The minimum Gasteiger partial charge on any atom is -0.436 e. The molecule has 1 heterocycles. The van der Waals surface area contributed by atoms with Crippen LogP contribution in [0.4, 0.5) is 5.69 Å². The Morgan fingerprint density at radius 2 is 2.00 bits per heavy atom. The molecular weight excluding hydrogens is 312 g/mol. The van der Waals surface area contributed by atoms with Crippen LogP contribution in [0.15, 0.2) is 40.8 Å². The first-order valence-electron chi connectivity index (χ1n) is 8.76. The average Bonchev–Trinajstić information content (AvgIpc) is 2.99. The predicted molar refractivity (Wildman–Crippen MR) is 102 cm³/mol. The molecule has 4 nitrogen and oxygen atoms in total. The molecule has 0 aliphatic heterocycles. The third kappa shape index (κ3) is 3.90. The number of carbonyl (C=O) groups is 1. The summed E-state index contributed by atoms with van der Waals surface area (Å²) in [5.41, 5.74) is 5.56. The molecule has 1 amide bonds. The van der Waals surface area contributed by atoms with Crippen molar-refractivity contribution < 1.29 is 9.21 Å². The highest BCUT2D eigenvalue weighted by Crippen LogP contribution is 2.28. The summed E-state index contributed by atoms with van der Waals surface area (Å²) in [7, 11) is 0. The lowest BCUT2D eigenvalue weighted by Gasteiger charge is -2.10. The molecule has 1 N–H and O–H groups in total. The van der Waals surface area contributed by atoms with Gasteiger partial charge in [0.25, 0.3) is 0 Å². The molecule has 0 fully saturated rings. The lowest BCUT2D eigenvalue weighted by Crippen LogP contribution is -2.14.